The summed E-state index contributed by atoms with van der Waals surface area (Å²) in [7, 11) is 0. The molecule has 0 saturated heterocycles. The third-order valence-electron chi connectivity index (χ3n) is 1.78. The van der Waals surface area contributed by atoms with E-state index in [2.05, 4.69) is 0 Å². The van der Waals surface area contributed by atoms with Crippen LogP contribution in [0.4, 0.5) is 11.4 Å². The Morgan fingerprint density at radius 3 is 2.71 bits per heavy atom. The lowest BCUT2D eigenvalue weighted by Crippen LogP contribution is -2.02. The van der Waals surface area contributed by atoms with Gasteiger partial charge in [-0.05, 0) is 18.6 Å². The summed E-state index contributed by atoms with van der Waals surface area (Å²) in [5, 5.41) is 10.4. The Hall–Kier alpha value is -1.91. The molecule has 0 spiro atoms. The Morgan fingerprint density at radius 2 is 2.21 bits per heavy atom. The molecule has 0 unspecified atom stereocenters. The van der Waals surface area contributed by atoms with Crippen molar-refractivity contribution >= 4 is 17.2 Å². The van der Waals surface area contributed by atoms with Crippen LogP contribution in [0.15, 0.2) is 18.2 Å². The Balaban J connectivity index is 3.08. The number of nitro groups is 1. The molecule has 0 heterocycles. The molecule has 14 heavy (non-hydrogen) atoms. The van der Waals surface area contributed by atoms with Gasteiger partial charge in [-0.15, -0.1) is 0 Å². The first kappa shape index (κ1) is 10.2. The molecule has 0 saturated carbocycles. The summed E-state index contributed by atoms with van der Waals surface area (Å²) >= 11 is 0. The number of non-ortho nitro benzene ring substituents is 1. The molecular weight excluding hydrogens is 184 g/mol. The first-order valence-corrected chi connectivity index (χ1v) is 4.03. The number of carbonyl (C=O) groups is 1. The van der Waals surface area contributed by atoms with E-state index < -0.39 is 4.92 Å². The quantitative estimate of drug-likeness (QED) is 0.446. The molecule has 0 atom stereocenters. The van der Waals surface area contributed by atoms with Crippen molar-refractivity contribution in [3.63, 3.8) is 0 Å². The predicted molar refractivity (Wildman–Crippen MR) is 51.9 cm³/mol. The average Bonchev–Trinajstić information content (AvgIpc) is 2.07. The zero-order valence-corrected chi connectivity index (χ0v) is 7.69. The van der Waals surface area contributed by atoms with Crippen molar-refractivity contribution in [3.8, 4) is 0 Å². The molecule has 0 radical (unpaired) electrons. The Kier molecular flexibility index (Phi) is 2.81. The van der Waals surface area contributed by atoms with Crippen molar-refractivity contribution < 1.29 is 9.72 Å². The van der Waals surface area contributed by atoms with E-state index in [-0.39, 0.29) is 17.9 Å². The number of nitro benzene ring substituents is 1. The third kappa shape index (κ3) is 2.29. The Morgan fingerprint density at radius 1 is 1.57 bits per heavy atom. The highest BCUT2D eigenvalue weighted by Gasteiger charge is 2.09. The fraction of sp³-hybridized carbons (Fsp3) is 0.222. The van der Waals surface area contributed by atoms with Crippen molar-refractivity contribution in [3.05, 3.63) is 33.9 Å². The molecule has 2 N–H and O–H groups in total. The maximum Gasteiger partial charge on any atom is 0.269 e. The highest BCUT2D eigenvalue weighted by atomic mass is 16.6. The number of carbonyl (C=O) groups excluding carboxylic acids is 1. The van der Waals surface area contributed by atoms with Gasteiger partial charge in [-0.25, -0.2) is 0 Å². The van der Waals surface area contributed by atoms with Crippen LogP contribution in [0.3, 0.4) is 0 Å². The SMILES string of the molecule is CC(=O)Cc1cc([N+](=O)[O-])ccc1N. The van der Waals surface area contributed by atoms with Crippen molar-refractivity contribution in [1.82, 2.24) is 0 Å². The molecule has 0 amide bonds. The number of nitrogens with two attached hydrogens (primary N) is 1. The number of rotatable bonds is 3. The van der Waals surface area contributed by atoms with E-state index in [4.69, 9.17) is 5.73 Å². The van der Waals surface area contributed by atoms with Gasteiger partial charge < -0.3 is 5.73 Å². The standard InChI is InChI=1S/C9H10N2O3/c1-6(12)4-7-5-8(11(13)14)2-3-9(7)10/h2-3,5H,4,10H2,1H3. The summed E-state index contributed by atoms with van der Waals surface area (Å²) in [6.07, 6.45) is 0.132. The van der Waals surface area contributed by atoms with Crippen molar-refractivity contribution in [2.24, 2.45) is 0 Å². The fourth-order valence-corrected chi connectivity index (χ4v) is 1.13. The monoisotopic (exact) mass is 194 g/mol. The lowest BCUT2D eigenvalue weighted by atomic mass is 10.1. The molecule has 1 rings (SSSR count). The molecule has 5 nitrogen and oxygen atoms in total. The topological polar surface area (TPSA) is 86.2 Å². The van der Waals surface area contributed by atoms with Crippen molar-refractivity contribution in [2.45, 2.75) is 13.3 Å². The van der Waals surface area contributed by atoms with E-state index in [1.54, 1.807) is 0 Å². The molecule has 0 aromatic heterocycles. The van der Waals surface area contributed by atoms with Gasteiger partial charge in [0.15, 0.2) is 0 Å². The van der Waals surface area contributed by atoms with Crippen LogP contribution in [0.25, 0.3) is 0 Å². The van der Waals surface area contributed by atoms with E-state index in [9.17, 15) is 14.9 Å². The first-order chi connectivity index (χ1) is 6.50. The first-order valence-electron chi connectivity index (χ1n) is 4.03. The number of nitrogens with zero attached hydrogens (tertiary/aromatic N) is 1. The summed E-state index contributed by atoms with van der Waals surface area (Å²) in [4.78, 5) is 20.7. The van der Waals surface area contributed by atoms with Crippen LogP contribution >= 0.6 is 0 Å². The minimum Gasteiger partial charge on any atom is -0.398 e. The van der Waals surface area contributed by atoms with E-state index in [1.165, 1.54) is 25.1 Å². The average molecular weight is 194 g/mol. The van der Waals surface area contributed by atoms with Crippen molar-refractivity contribution in [2.75, 3.05) is 5.73 Å². The molecular formula is C9H10N2O3. The van der Waals surface area contributed by atoms with Gasteiger partial charge in [0, 0.05) is 24.2 Å². The zero-order valence-electron chi connectivity index (χ0n) is 7.69. The second-order valence-corrected chi connectivity index (χ2v) is 3.02. The van der Waals surface area contributed by atoms with Gasteiger partial charge >= 0.3 is 0 Å². The highest BCUT2D eigenvalue weighted by Crippen LogP contribution is 2.20. The molecule has 0 bridgehead atoms. The van der Waals surface area contributed by atoms with Crippen molar-refractivity contribution in [1.29, 1.82) is 0 Å². The van der Waals surface area contributed by atoms with Gasteiger partial charge in [-0.1, -0.05) is 0 Å². The third-order valence-corrected chi connectivity index (χ3v) is 1.78. The van der Waals surface area contributed by atoms with Crippen LogP contribution in [0.1, 0.15) is 12.5 Å². The number of ketones is 1. The second-order valence-electron chi connectivity index (χ2n) is 3.02. The minimum atomic E-state index is -0.511. The van der Waals surface area contributed by atoms with Crippen LogP contribution in [0.5, 0.6) is 0 Å². The Labute approximate surface area is 80.7 Å². The smallest absolute Gasteiger partial charge is 0.269 e. The molecule has 0 aliphatic carbocycles. The van der Waals surface area contributed by atoms with E-state index in [1.807, 2.05) is 0 Å². The number of hydrogen-bond donors (Lipinski definition) is 1. The van der Waals surface area contributed by atoms with Crippen LogP contribution in [0, 0.1) is 10.1 Å². The number of hydrogen-bond acceptors (Lipinski definition) is 4. The lowest BCUT2D eigenvalue weighted by Gasteiger charge is -2.02. The predicted octanol–water partition coefficient (Wildman–Crippen LogP) is 1.31. The molecule has 1 aromatic carbocycles. The second kappa shape index (κ2) is 3.87. The van der Waals surface area contributed by atoms with Gasteiger partial charge in [0.25, 0.3) is 5.69 Å². The summed E-state index contributed by atoms with van der Waals surface area (Å²) in [5.74, 6) is -0.0720. The van der Waals surface area contributed by atoms with Gasteiger partial charge in [-0.2, -0.15) is 0 Å². The minimum absolute atomic E-state index is 0.0459. The van der Waals surface area contributed by atoms with Crippen LogP contribution in [0.2, 0.25) is 0 Å². The lowest BCUT2D eigenvalue weighted by molar-refractivity contribution is -0.384. The normalized spacial score (nSPS) is 9.79. The van der Waals surface area contributed by atoms with Gasteiger partial charge in [0.2, 0.25) is 0 Å². The Bertz CT molecular complexity index is 388. The molecule has 1 aromatic rings. The van der Waals surface area contributed by atoms with Gasteiger partial charge in [-0.3, -0.25) is 14.9 Å². The summed E-state index contributed by atoms with van der Waals surface area (Å²) < 4.78 is 0. The number of anilines is 1. The molecule has 5 heteroatoms. The number of nitrogen functional groups attached to an aromatic ring is 1. The number of benzene rings is 1. The molecule has 0 aliphatic heterocycles. The molecule has 74 valence electrons. The van der Waals surface area contributed by atoms with Gasteiger partial charge in [0.05, 0.1) is 4.92 Å². The van der Waals surface area contributed by atoms with E-state index >= 15 is 0 Å². The van der Waals surface area contributed by atoms with Crippen LogP contribution in [-0.4, -0.2) is 10.7 Å². The van der Waals surface area contributed by atoms with Gasteiger partial charge in [0.1, 0.15) is 5.78 Å². The maximum atomic E-state index is 10.8. The summed E-state index contributed by atoms with van der Waals surface area (Å²) in [6, 6.07) is 4.09. The molecule has 0 fully saturated rings. The van der Waals surface area contributed by atoms with E-state index in [0.717, 1.165) is 0 Å². The molecule has 0 aliphatic rings. The van der Waals surface area contributed by atoms with Crippen LogP contribution < -0.4 is 5.73 Å². The fourth-order valence-electron chi connectivity index (χ4n) is 1.13. The largest absolute Gasteiger partial charge is 0.398 e. The highest BCUT2D eigenvalue weighted by molar-refractivity contribution is 5.80. The number of Topliss-reactive ketones (excluding diaryl/α,β-unsaturated/α-hetero) is 1. The van der Waals surface area contributed by atoms with E-state index in [0.29, 0.717) is 11.3 Å². The summed E-state index contributed by atoms with van der Waals surface area (Å²) in [5.41, 5.74) is 6.43. The summed E-state index contributed by atoms with van der Waals surface area (Å²) in [6.45, 7) is 1.41. The maximum absolute atomic E-state index is 10.8. The van der Waals surface area contributed by atoms with Crippen LogP contribution in [-0.2, 0) is 11.2 Å². The zero-order chi connectivity index (χ0) is 10.7.